The first-order valence-corrected chi connectivity index (χ1v) is 10.7. The minimum Gasteiger partial charge on any atom is -0.347 e. The van der Waals surface area contributed by atoms with Crippen LogP contribution in [0.25, 0.3) is 0 Å². The summed E-state index contributed by atoms with van der Waals surface area (Å²) in [7, 11) is -3.92. The number of ether oxygens (including phenoxy) is 2. The van der Waals surface area contributed by atoms with Gasteiger partial charge < -0.3 is 14.4 Å². The molecular weight excluding hydrogens is 401 g/mol. The lowest BCUT2D eigenvalue weighted by molar-refractivity contribution is -0.181. The highest BCUT2D eigenvalue weighted by Gasteiger charge is 2.41. The predicted octanol–water partition coefficient (Wildman–Crippen LogP) is 2.00. The molecule has 1 N–H and O–H groups in total. The number of nitrogens with one attached hydrogen (secondary N) is 1. The largest absolute Gasteiger partial charge is 0.347 e. The van der Waals surface area contributed by atoms with Crippen LogP contribution in [0.15, 0.2) is 47.5 Å². The molecule has 1 aromatic carbocycles. The Bertz CT molecular complexity index is 997. The molecular formula is C19H20FN3O5S. The number of anilines is 1. The molecule has 1 spiro atoms. The van der Waals surface area contributed by atoms with Gasteiger partial charge in [0.05, 0.1) is 23.8 Å². The van der Waals surface area contributed by atoms with Crippen molar-refractivity contribution in [2.75, 3.05) is 31.0 Å². The van der Waals surface area contributed by atoms with Gasteiger partial charge in [-0.3, -0.25) is 14.5 Å². The number of hydrogen-bond acceptors (Lipinski definition) is 6. The van der Waals surface area contributed by atoms with Gasteiger partial charge in [-0.1, -0.05) is 0 Å². The van der Waals surface area contributed by atoms with Crippen molar-refractivity contribution in [3.05, 3.63) is 54.1 Å². The molecule has 10 heteroatoms. The summed E-state index contributed by atoms with van der Waals surface area (Å²) in [5.41, 5.74) is 0.331. The molecule has 0 aliphatic carbocycles. The van der Waals surface area contributed by atoms with Crippen LogP contribution in [0.5, 0.6) is 0 Å². The molecule has 2 aliphatic rings. The van der Waals surface area contributed by atoms with Crippen molar-refractivity contribution in [1.29, 1.82) is 0 Å². The monoisotopic (exact) mass is 421 g/mol. The molecule has 8 nitrogen and oxygen atoms in total. The molecule has 2 saturated heterocycles. The van der Waals surface area contributed by atoms with Gasteiger partial charge in [0.15, 0.2) is 5.79 Å². The summed E-state index contributed by atoms with van der Waals surface area (Å²) in [4.78, 5) is 18.4. The fraction of sp³-hybridized carbons (Fsp3) is 0.368. The first-order chi connectivity index (χ1) is 13.9. The van der Waals surface area contributed by atoms with Crippen LogP contribution < -0.4 is 4.72 Å². The normalized spacial score (nSPS) is 18.7. The fourth-order valence-electron chi connectivity index (χ4n) is 3.44. The van der Waals surface area contributed by atoms with Gasteiger partial charge in [-0.2, -0.15) is 0 Å². The molecule has 2 aromatic rings. The number of carbonyl (C=O) groups excluding carboxylic acids is 1. The Labute approximate surface area is 167 Å². The maximum absolute atomic E-state index is 13.0. The van der Waals surface area contributed by atoms with E-state index in [1.807, 2.05) is 0 Å². The third kappa shape index (κ3) is 4.24. The molecule has 29 heavy (non-hydrogen) atoms. The summed E-state index contributed by atoms with van der Waals surface area (Å²) >= 11 is 0. The second-order valence-electron chi connectivity index (χ2n) is 6.89. The van der Waals surface area contributed by atoms with Crippen molar-refractivity contribution in [3.8, 4) is 0 Å². The van der Waals surface area contributed by atoms with Gasteiger partial charge in [-0.25, -0.2) is 12.8 Å². The van der Waals surface area contributed by atoms with Gasteiger partial charge in [0.25, 0.3) is 15.9 Å². The highest BCUT2D eigenvalue weighted by molar-refractivity contribution is 7.92. The van der Waals surface area contributed by atoms with E-state index in [9.17, 15) is 17.6 Å². The average Bonchev–Trinajstić information content (AvgIpc) is 3.16. The number of amides is 1. The highest BCUT2D eigenvalue weighted by atomic mass is 32.2. The molecule has 154 valence electrons. The van der Waals surface area contributed by atoms with Gasteiger partial charge in [0, 0.05) is 32.1 Å². The number of rotatable bonds is 4. The van der Waals surface area contributed by atoms with Crippen molar-refractivity contribution in [2.45, 2.75) is 23.5 Å². The number of halogens is 1. The number of carbonyl (C=O) groups is 1. The van der Waals surface area contributed by atoms with Crippen LogP contribution in [0.2, 0.25) is 0 Å². The van der Waals surface area contributed by atoms with E-state index in [4.69, 9.17) is 9.47 Å². The maximum Gasteiger partial charge on any atom is 0.272 e. The minimum absolute atomic E-state index is 0.0820. The van der Waals surface area contributed by atoms with Crippen LogP contribution in [0.1, 0.15) is 23.3 Å². The number of sulfonamides is 1. The lowest BCUT2D eigenvalue weighted by atomic mass is 10.0. The molecule has 0 atom stereocenters. The van der Waals surface area contributed by atoms with Crippen LogP contribution in [-0.2, 0) is 19.5 Å². The predicted molar refractivity (Wildman–Crippen MR) is 101 cm³/mol. The molecule has 0 saturated carbocycles. The minimum atomic E-state index is -3.92. The van der Waals surface area contributed by atoms with E-state index in [0.29, 0.717) is 39.1 Å². The van der Waals surface area contributed by atoms with E-state index in [0.717, 1.165) is 12.1 Å². The van der Waals surface area contributed by atoms with Crippen LogP contribution in [0.3, 0.4) is 0 Å². The molecule has 1 aromatic heterocycles. The van der Waals surface area contributed by atoms with Crippen molar-refractivity contribution < 1.29 is 27.1 Å². The van der Waals surface area contributed by atoms with Gasteiger partial charge >= 0.3 is 0 Å². The second-order valence-corrected chi connectivity index (χ2v) is 8.57. The van der Waals surface area contributed by atoms with Crippen LogP contribution >= 0.6 is 0 Å². The lowest BCUT2D eigenvalue weighted by Crippen LogP contribution is -2.47. The molecule has 0 radical (unpaired) electrons. The Morgan fingerprint density at radius 3 is 2.41 bits per heavy atom. The van der Waals surface area contributed by atoms with E-state index in [-0.39, 0.29) is 22.2 Å². The topological polar surface area (TPSA) is 97.8 Å². The Balaban J connectivity index is 1.46. The zero-order chi connectivity index (χ0) is 20.5. The molecule has 0 bridgehead atoms. The Kier molecular flexibility index (Phi) is 5.24. The van der Waals surface area contributed by atoms with E-state index in [1.54, 1.807) is 4.90 Å². The van der Waals surface area contributed by atoms with Gasteiger partial charge in [0.2, 0.25) is 0 Å². The standard InChI is InChI=1S/C19H20FN3O5S/c20-14-1-3-16(4-2-14)29(25,26)22-15-5-8-21-17(13-15)18(24)23-9-6-19(7-10-23)27-11-12-28-19/h1-5,8,13H,6-7,9-12H2,(H,21,22). The zero-order valence-corrected chi connectivity index (χ0v) is 16.3. The van der Waals surface area contributed by atoms with Gasteiger partial charge in [-0.15, -0.1) is 0 Å². The SMILES string of the molecule is O=C(c1cc(NS(=O)(=O)c2ccc(F)cc2)ccn1)N1CCC2(CC1)OCCO2. The molecule has 2 aliphatic heterocycles. The number of hydrogen-bond donors (Lipinski definition) is 1. The highest BCUT2D eigenvalue weighted by Crippen LogP contribution is 2.31. The van der Waals surface area contributed by atoms with E-state index < -0.39 is 21.6 Å². The van der Waals surface area contributed by atoms with Crippen molar-refractivity contribution >= 4 is 21.6 Å². The van der Waals surface area contributed by atoms with Crippen LogP contribution in [0.4, 0.5) is 10.1 Å². The number of likely N-dealkylation sites (tertiary alicyclic amines) is 1. The third-order valence-electron chi connectivity index (χ3n) is 4.98. The summed E-state index contributed by atoms with van der Waals surface area (Å²) in [6, 6.07) is 7.30. The molecule has 2 fully saturated rings. The van der Waals surface area contributed by atoms with Crippen LogP contribution in [0, 0.1) is 5.82 Å². The number of nitrogens with zero attached hydrogens (tertiary/aromatic N) is 2. The van der Waals surface area contributed by atoms with Gasteiger partial charge in [-0.05, 0) is 36.4 Å². The quantitative estimate of drug-likeness (QED) is 0.811. The molecule has 3 heterocycles. The average molecular weight is 421 g/mol. The first kappa shape index (κ1) is 19.7. The first-order valence-electron chi connectivity index (χ1n) is 9.19. The maximum atomic E-state index is 13.0. The van der Waals surface area contributed by atoms with Crippen molar-refractivity contribution in [3.63, 3.8) is 0 Å². The molecule has 4 rings (SSSR count). The molecule has 1 amide bonds. The number of pyridine rings is 1. The Morgan fingerprint density at radius 1 is 1.10 bits per heavy atom. The van der Waals surface area contributed by atoms with Crippen molar-refractivity contribution in [1.82, 2.24) is 9.88 Å². The summed E-state index contributed by atoms with van der Waals surface area (Å²) < 4.78 is 51.7. The van der Waals surface area contributed by atoms with Gasteiger partial charge in [0.1, 0.15) is 11.5 Å². The summed E-state index contributed by atoms with van der Waals surface area (Å²) in [5.74, 6) is -1.41. The number of benzene rings is 1. The van der Waals surface area contributed by atoms with E-state index in [2.05, 4.69) is 9.71 Å². The number of piperidine rings is 1. The Morgan fingerprint density at radius 2 is 1.76 bits per heavy atom. The number of aromatic nitrogens is 1. The smallest absolute Gasteiger partial charge is 0.272 e. The summed E-state index contributed by atoms with van der Waals surface area (Å²) in [6.07, 6.45) is 2.52. The summed E-state index contributed by atoms with van der Waals surface area (Å²) in [6.45, 7) is 2.05. The lowest BCUT2D eigenvalue weighted by Gasteiger charge is -2.37. The molecule has 0 unspecified atom stereocenters. The Hall–Kier alpha value is -2.56. The van der Waals surface area contributed by atoms with E-state index >= 15 is 0 Å². The zero-order valence-electron chi connectivity index (χ0n) is 15.5. The second kappa shape index (κ2) is 7.69. The third-order valence-corrected chi connectivity index (χ3v) is 6.38. The van der Waals surface area contributed by atoms with Crippen LogP contribution in [-0.4, -0.2) is 56.3 Å². The fourth-order valence-corrected chi connectivity index (χ4v) is 4.49. The van der Waals surface area contributed by atoms with Crippen molar-refractivity contribution in [2.24, 2.45) is 0 Å². The van der Waals surface area contributed by atoms with E-state index in [1.165, 1.54) is 30.5 Å². The summed E-state index contributed by atoms with van der Waals surface area (Å²) in [5, 5.41) is 0.